The number of nitrogens with two attached hydrogens (primary N) is 1. The number of hydrogen-bond acceptors (Lipinski definition) is 4. The highest BCUT2D eigenvalue weighted by Gasteiger charge is 2.18. The van der Waals surface area contributed by atoms with Gasteiger partial charge in [-0.15, -0.1) is 0 Å². The highest BCUT2D eigenvalue weighted by atomic mass is 16.5. The van der Waals surface area contributed by atoms with Crippen LogP contribution < -0.4 is 5.73 Å². The van der Waals surface area contributed by atoms with Crippen LogP contribution in [0.5, 0.6) is 0 Å². The van der Waals surface area contributed by atoms with E-state index in [9.17, 15) is 4.79 Å². The zero-order valence-electron chi connectivity index (χ0n) is 9.99. The first-order chi connectivity index (χ1) is 8.65. The molecule has 1 aromatic rings. The van der Waals surface area contributed by atoms with Gasteiger partial charge in [0, 0.05) is 11.5 Å². The Labute approximate surface area is 105 Å². The highest BCUT2D eigenvalue weighted by molar-refractivity contribution is 5.96. The molecule has 0 atom stereocenters. The van der Waals surface area contributed by atoms with Crippen LogP contribution in [-0.2, 0) is 4.74 Å². The van der Waals surface area contributed by atoms with Crippen molar-refractivity contribution in [2.24, 2.45) is 5.92 Å². The first-order valence-electron chi connectivity index (χ1n) is 5.59. The molecule has 1 aromatic carbocycles. The standard InChI is InChI=1S/C14H12N2O2/c1-18-14(17)12-7-10(5-4-9-2-3-9)6-11(8-15)13(12)16/h6-7,9H,2-3,16H2,1H3. The first-order valence-corrected chi connectivity index (χ1v) is 5.59. The van der Waals surface area contributed by atoms with Gasteiger partial charge in [-0.1, -0.05) is 11.8 Å². The summed E-state index contributed by atoms with van der Waals surface area (Å²) in [4.78, 5) is 11.5. The van der Waals surface area contributed by atoms with Crippen molar-refractivity contribution >= 4 is 11.7 Å². The molecule has 1 aliphatic carbocycles. The molecule has 0 saturated heterocycles. The molecule has 0 unspecified atom stereocenters. The van der Waals surface area contributed by atoms with E-state index in [0.29, 0.717) is 11.5 Å². The van der Waals surface area contributed by atoms with Gasteiger partial charge in [-0.3, -0.25) is 0 Å². The first kappa shape index (κ1) is 12.0. The fraction of sp³-hybridized carbons (Fsp3) is 0.286. The average molecular weight is 240 g/mol. The number of nitriles is 1. The number of anilines is 1. The number of carbonyl (C=O) groups excluding carboxylic acids is 1. The second-order valence-corrected chi connectivity index (χ2v) is 4.13. The Morgan fingerprint density at radius 3 is 2.78 bits per heavy atom. The minimum absolute atomic E-state index is 0.140. The molecule has 1 saturated carbocycles. The molecule has 0 aliphatic heterocycles. The van der Waals surface area contributed by atoms with Gasteiger partial charge in [-0.05, 0) is 25.0 Å². The van der Waals surface area contributed by atoms with E-state index in [1.807, 2.05) is 6.07 Å². The number of nitrogen functional groups attached to an aromatic ring is 1. The summed E-state index contributed by atoms with van der Waals surface area (Å²) in [5.74, 6) is 5.94. The molecule has 90 valence electrons. The summed E-state index contributed by atoms with van der Waals surface area (Å²) in [5.41, 5.74) is 6.93. The van der Waals surface area contributed by atoms with Crippen LogP contribution in [-0.4, -0.2) is 13.1 Å². The maximum atomic E-state index is 11.5. The van der Waals surface area contributed by atoms with Crippen molar-refractivity contribution in [3.63, 3.8) is 0 Å². The van der Waals surface area contributed by atoms with Crippen molar-refractivity contribution in [1.82, 2.24) is 0 Å². The van der Waals surface area contributed by atoms with Crippen molar-refractivity contribution in [3.05, 3.63) is 28.8 Å². The molecule has 4 heteroatoms. The van der Waals surface area contributed by atoms with Crippen LogP contribution in [0.1, 0.15) is 34.3 Å². The Morgan fingerprint density at radius 2 is 2.22 bits per heavy atom. The van der Waals surface area contributed by atoms with Crippen LogP contribution in [0.4, 0.5) is 5.69 Å². The Balaban J connectivity index is 2.46. The lowest BCUT2D eigenvalue weighted by atomic mass is 10.0. The van der Waals surface area contributed by atoms with Crippen molar-refractivity contribution in [2.75, 3.05) is 12.8 Å². The Kier molecular flexibility index (Phi) is 3.21. The van der Waals surface area contributed by atoms with Gasteiger partial charge >= 0.3 is 5.97 Å². The molecule has 2 N–H and O–H groups in total. The molecule has 0 aromatic heterocycles. The summed E-state index contributed by atoms with van der Waals surface area (Å²) in [5, 5.41) is 8.98. The molecule has 2 rings (SSSR count). The van der Waals surface area contributed by atoms with Gasteiger partial charge in [0.15, 0.2) is 0 Å². The second kappa shape index (κ2) is 4.81. The largest absolute Gasteiger partial charge is 0.465 e. The summed E-state index contributed by atoms with van der Waals surface area (Å²) in [6.07, 6.45) is 2.24. The van der Waals surface area contributed by atoms with Crippen LogP contribution in [0.3, 0.4) is 0 Å². The Hall–Kier alpha value is -2.46. The third kappa shape index (κ3) is 2.44. The normalized spacial score (nSPS) is 13.1. The van der Waals surface area contributed by atoms with Gasteiger partial charge < -0.3 is 10.5 Å². The average Bonchev–Trinajstić information content (AvgIpc) is 3.20. The predicted molar refractivity (Wildman–Crippen MR) is 66.5 cm³/mol. The maximum Gasteiger partial charge on any atom is 0.340 e. The zero-order chi connectivity index (χ0) is 13.1. The lowest BCUT2D eigenvalue weighted by molar-refractivity contribution is 0.0602. The van der Waals surface area contributed by atoms with Crippen molar-refractivity contribution in [1.29, 1.82) is 5.26 Å². The van der Waals surface area contributed by atoms with Gasteiger partial charge in [0.1, 0.15) is 6.07 Å². The van der Waals surface area contributed by atoms with Crippen LogP contribution in [0.15, 0.2) is 12.1 Å². The maximum absolute atomic E-state index is 11.5. The fourth-order valence-corrected chi connectivity index (χ4v) is 1.51. The Bertz CT molecular complexity index is 599. The van der Waals surface area contributed by atoms with E-state index in [4.69, 9.17) is 11.0 Å². The van der Waals surface area contributed by atoms with E-state index in [1.165, 1.54) is 7.11 Å². The van der Waals surface area contributed by atoms with Crippen LogP contribution >= 0.6 is 0 Å². The number of ether oxygens (including phenoxy) is 1. The zero-order valence-corrected chi connectivity index (χ0v) is 9.99. The molecule has 0 spiro atoms. The number of carbonyl (C=O) groups is 1. The topological polar surface area (TPSA) is 76.1 Å². The number of methoxy groups -OCH3 is 1. The van der Waals surface area contributed by atoms with E-state index < -0.39 is 5.97 Å². The van der Waals surface area contributed by atoms with Gasteiger partial charge in [0.05, 0.1) is 23.9 Å². The van der Waals surface area contributed by atoms with E-state index in [-0.39, 0.29) is 16.8 Å². The van der Waals surface area contributed by atoms with Gasteiger partial charge in [0.2, 0.25) is 0 Å². The van der Waals surface area contributed by atoms with Crippen LogP contribution in [0.2, 0.25) is 0 Å². The summed E-state index contributed by atoms with van der Waals surface area (Å²) in [6.45, 7) is 0. The minimum Gasteiger partial charge on any atom is -0.465 e. The smallest absolute Gasteiger partial charge is 0.340 e. The molecule has 1 aliphatic rings. The van der Waals surface area contributed by atoms with Crippen LogP contribution in [0.25, 0.3) is 0 Å². The van der Waals surface area contributed by atoms with E-state index in [2.05, 4.69) is 16.6 Å². The van der Waals surface area contributed by atoms with Crippen molar-refractivity contribution in [3.8, 4) is 17.9 Å². The van der Waals surface area contributed by atoms with Crippen molar-refractivity contribution in [2.45, 2.75) is 12.8 Å². The van der Waals surface area contributed by atoms with E-state index in [0.717, 1.165) is 12.8 Å². The highest BCUT2D eigenvalue weighted by Crippen LogP contribution is 2.28. The molecule has 0 amide bonds. The monoisotopic (exact) mass is 240 g/mol. The molecule has 0 bridgehead atoms. The lowest BCUT2D eigenvalue weighted by Crippen LogP contribution is -2.07. The lowest BCUT2D eigenvalue weighted by Gasteiger charge is -2.06. The molecule has 1 fully saturated rings. The number of benzene rings is 1. The van der Waals surface area contributed by atoms with Gasteiger partial charge in [0.25, 0.3) is 0 Å². The third-order valence-corrected chi connectivity index (χ3v) is 2.70. The quantitative estimate of drug-likeness (QED) is 0.460. The summed E-state index contributed by atoms with van der Waals surface area (Å²) in [7, 11) is 1.27. The van der Waals surface area contributed by atoms with E-state index in [1.54, 1.807) is 12.1 Å². The second-order valence-electron chi connectivity index (χ2n) is 4.13. The molecular weight excluding hydrogens is 228 g/mol. The molecule has 4 nitrogen and oxygen atoms in total. The molecule has 0 heterocycles. The van der Waals surface area contributed by atoms with Gasteiger partial charge in [-0.25, -0.2) is 4.79 Å². The van der Waals surface area contributed by atoms with E-state index >= 15 is 0 Å². The molecular formula is C14H12N2O2. The summed E-state index contributed by atoms with van der Waals surface area (Å²) < 4.78 is 4.63. The SMILES string of the molecule is COC(=O)c1cc(C#CC2CC2)cc(C#N)c1N. The predicted octanol–water partition coefficient (Wildman–Crippen LogP) is 1.69. The summed E-state index contributed by atoms with van der Waals surface area (Å²) in [6, 6.07) is 5.12. The number of hydrogen-bond donors (Lipinski definition) is 1. The third-order valence-electron chi connectivity index (χ3n) is 2.70. The van der Waals surface area contributed by atoms with Crippen LogP contribution in [0, 0.1) is 29.1 Å². The molecule has 0 radical (unpaired) electrons. The number of rotatable bonds is 1. The number of nitrogens with zero attached hydrogens (tertiary/aromatic N) is 1. The summed E-state index contributed by atoms with van der Waals surface area (Å²) >= 11 is 0. The van der Waals surface area contributed by atoms with Crippen molar-refractivity contribution < 1.29 is 9.53 Å². The fourth-order valence-electron chi connectivity index (χ4n) is 1.51. The molecule has 18 heavy (non-hydrogen) atoms. The van der Waals surface area contributed by atoms with Gasteiger partial charge in [-0.2, -0.15) is 5.26 Å². The minimum atomic E-state index is -0.556. The Morgan fingerprint density at radius 1 is 1.50 bits per heavy atom. The number of esters is 1.